The lowest BCUT2D eigenvalue weighted by atomic mass is 10.1. The Morgan fingerprint density at radius 3 is 2.20 bits per heavy atom. The molecule has 0 radical (unpaired) electrons. The lowest BCUT2D eigenvalue weighted by molar-refractivity contribution is -0.169. The van der Waals surface area contributed by atoms with E-state index in [0.29, 0.717) is 11.7 Å². The minimum Gasteiger partial charge on any atom is -0.460 e. The minimum atomic E-state index is -0.589. The molecule has 1 heterocycles. The molecule has 25 heavy (non-hydrogen) atoms. The first-order chi connectivity index (χ1) is 11.8. The fourth-order valence-corrected chi connectivity index (χ4v) is 5.14. The van der Waals surface area contributed by atoms with Crippen molar-refractivity contribution in [1.82, 2.24) is 0 Å². The summed E-state index contributed by atoms with van der Waals surface area (Å²) in [6.45, 7) is 4.87. The molecule has 1 aliphatic rings. The Hall–Kier alpha value is -0.890. The molecule has 1 rings (SSSR count). The molecule has 0 amide bonds. The molecule has 6 nitrogen and oxygen atoms in total. The highest BCUT2D eigenvalue weighted by Crippen LogP contribution is 2.39. The van der Waals surface area contributed by atoms with Crippen molar-refractivity contribution < 1.29 is 28.6 Å². The molecule has 0 aromatic carbocycles. The van der Waals surface area contributed by atoms with Crippen LogP contribution in [0.5, 0.6) is 0 Å². The fourth-order valence-electron chi connectivity index (χ4n) is 2.11. The van der Waals surface area contributed by atoms with Gasteiger partial charge in [-0.25, -0.2) is 0 Å². The first-order valence-electron chi connectivity index (χ1n) is 8.57. The van der Waals surface area contributed by atoms with E-state index in [0.717, 1.165) is 19.3 Å². The summed E-state index contributed by atoms with van der Waals surface area (Å²) in [5.41, 5.74) is -0.578. The Bertz CT molecular complexity index is 441. The molecule has 0 unspecified atom stereocenters. The van der Waals surface area contributed by atoms with Crippen molar-refractivity contribution in [2.24, 2.45) is 0 Å². The molecule has 1 fully saturated rings. The van der Waals surface area contributed by atoms with Gasteiger partial charge in [0.25, 0.3) is 0 Å². The largest absolute Gasteiger partial charge is 0.460 e. The monoisotopic (exact) mass is 392 g/mol. The lowest BCUT2D eigenvalue weighted by Gasteiger charge is -2.19. The van der Waals surface area contributed by atoms with Gasteiger partial charge in [0.05, 0.1) is 12.8 Å². The normalized spacial score (nSPS) is 17.2. The van der Waals surface area contributed by atoms with E-state index in [-0.39, 0.29) is 18.8 Å². The predicted molar refractivity (Wildman–Crippen MR) is 99.1 cm³/mol. The molecule has 0 N–H and O–H groups in total. The molecule has 0 spiro atoms. The zero-order valence-electron chi connectivity index (χ0n) is 15.2. The van der Waals surface area contributed by atoms with Crippen LogP contribution in [0.3, 0.4) is 0 Å². The van der Waals surface area contributed by atoms with E-state index >= 15 is 0 Å². The maximum Gasteiger partial charge on any atom is 0.309 e. The van der Waals surface area contributed by atoms with E-state index in [4.69, 9.17) is 14.2 Å². The van der Waals surface area contributed by atoms with Crippen LogP contribution in [-0.2, 0) is 28.6 Å². The summed E-state index contributed by atoms with van der Waals surface area (Å²) in [6.07, 6.45) is 4.35. The van der Waals surface area contributed by atoms with Gasteiger partial charge < -0.3 is 14.2 Å². The van der Waals surface area contributed by atoms with Crippen molar-refractivity contribution in [3.8, 4) is 0 Å². The topological polar surface area (TPSA) is 78.9 Å². The molecular weight excluding hydrogens is 364 g/mol. The second kappa shape index (κ2) is 11.7. The highest BCUT2D eigenvalue weighted by molar-refractivity contribution is 8.77. The van der Waals surface area contributed by atoms with Gasteiger partial charge in [-0.05, 0) is 40.0 Å². The molecule has 0 aliphatic carbocycles. The van der Waals surface area contributed by atoms with E-state index in [2.05, 4.69) is 0 Å². The van der Waals surface area contributed by atoms with Crippen molar-refractivity contribution in [1.29, 1.82) is 0 Å². The van der Waals surface area contributed by atoms with Crippen LogP contribution >= 0.6 is 21.6 Å². The summed E-state index contributed by atoms with van der Waals surface area (Å²) in [5.74, 6) is -0.195. The molecule has 0 aromatic heterocycles. The predicted octanol–water partition coefficient (Wildman–Crippen LogP) is 3.87. The maximum absolute atomic E-state index is 11.5. The third-order valence-corrected chi connectivity index (χ3v) is 6.28. The number of carbonyl (C=O) groups is 3. The highest BCUT2D eigenvalue weighted by atomic mass is 33.1. The van der Waals surface area contributed by atoms with Gasteiger partial charge >= 0.3 is 17.9 Å². The van der Waals surface area contributed by atoms with E-state index in [1.165, 1.54) is 12.2 Å². The summed E-state index contributed by atoms with van der Waals surface area (Å²) in [6, 6.07) is 0. The minimum absolute atomic E-state index is 0.0541. The van der Waals surface area contributed by atoms with Crippen LogP contribution in [0.15, 0.2) is 0 Å². The van der Waals surface area contributed by atoms with Crippen LogP contribution in [0.1, 0.15) is 65.7 Å². The Labute approximate surface area is 157 Å². The highest BCUT2D eigenvalue weighted by Gasteiger charge is 2.18. The third-order valence-electron chi connectivity index (χ3n) is 3.28. The van der Waals surface area contributed by atoms with Crippen molar-refractivity contribution in [2.75, 3.05) is 12.5 Å². The standard InChI is InChI=1S/C17H28O6S2/c1-17(2,3)23-16(20)9-8-15(19)22-12-21-14(18)7-5-4-6-13-10-11-24-25-13/h13H,4-12H2,1-3H3/t13-/m1/s1. The van der Waals surface area contributed by atoms with Crippen LogP contribution in [0.2, 0.25) is 0 Å². The number of unbranched alkanes of at least 4 members (excludes halogenated alkanes) is 1. The molecule has 144 valence electrons. The van der Waals surface area contributed by atoms with Gasteiger partial charge in [-0.2, -0.15) is 0 Å². The molecule has 0 saturated carbocycles. The average molecular weight is 393 g/mol. The van der Waals surface area contributed by atoms with E-state index in [9.17, 15) is 14.4 Å². The number of esters is 3. The molecule has 0 aromatic rings. The SMILES string of the molecule is CC(C)(C)OC(=O)CCC(=O)OCOC(=O)CCCC[C@@H]1CCSS1. The first-order valence-corrected chi connectivity index (χ1v) is 11.0. The van der Waals surface area contributed by atoms with Crippen LogP contribution in [0.25, 0.3) is 0 Å². The number of ether oxygens (including phenoxy) is 3. The zero-order valence-corrected chi connectivity index (χ0v) is 16.8. The van der Waals surface area contributed by atoms with Crippen molar-refractivity contribution >= 4 is 39.5 Å². The Morgan fingerprint density at radius 1 is 0.960 bits per heavy atom. The maximum atomic E-state index is 11.5. The van der Waals surface area contributed by atoms with E-state index in [1.807, 2.05) is 21.6 Å². The van der Waals surface area contributed by atoms with E-state index < -0.39 is 24.3 Å². The fraction of sp³-hybridized carbons (Fsp3) is 0.824. The quantitative estimate of drug-likeness (QED) is 0.240. The summed E-state index contributed by atoms with van der Waals surface area (Å²) in [5, 5.41) is 0.715. The molecule has 8 heteroatoms. The van der Waals surface area contributed by atoms with Crippen LogP contribution in [-0.4, -0.2) is 41.3 Å². The lowest BCUT2D eigenvalue weighted by Crippen LogP contribution is -2.24. The van der Waals surface area contributed by atoms with Gasteiger partial charge in [-0.1, -0.05) is 28.0 Å². The average Bonchev–Trinajstić information content (AvgIpc) is 3.01. The number of rotatable bonds is 10. The van der Waals surface area contributed by atoms with Gasteiger partial charge in [-0.3, -0.25) is 14.4 Å². The summed E-state index contributed by atoms with van der Waals surface area (Å²) >= 11 is 0. The van der Waals surface area contributed by atoms with Crippen LogP contribution in [0.4, 0.5) is 0 Å². The van der Waals surface area contributed by atoms with E-state index in [1.54, 1.807) is 20.8 Å². The van der Waals surface area contributed by atoms with Crippen molar-refractivity contribution in [2.45, 2.75) is 76.6 Å². The summed E-state index contributed by atoms with van der Waals surface area (Å²) in [4.78, 5) is 34.5. The zero-order chi connectivity index (χ0) is 18.7. The van der Waals surface area contributed by atoms with Gasteiger partial charge in [0, 0.05) is 17.4 Å². The van der Waals surface area contributed by atoms with Crippen molar-refractivity contribution in [3.05, 3.63) is 0 Å². The molecule has 1 aliphatic heterocycles. The third kappa shape index (κ3) is 12.2. The second-order valence-corrected chi connectivity index (χ2v) is 9.60. The summed E-state index contributed by atoms with van der Waals surface area (Å²) < 4.78 is 14.7. The van der Waals surface area contributed by atoms with Crippen LogP contribution in [0, 0.1) is 0 Å². The number of hydrogen-bond acceptors (Lipinski definition) is 8. The Kier molecular flexibility index (Phi) is 10.3. The van der Waals surface area contributed by atoms with Crippen molar-refractivity contribution in [3.63, 3.8) is 0 Å². The smallest absolute Gasteiger partial charge is 0.309 e. The number of hydrogen-bond donors (Lipinski definition) is 0. The Morgan fingerprint density at radius 2 is 1.60 bits per heavy atom. The molecule has 0 bridgehead atoms. The Balaban J connectivity index is 1.98. The molecular formula is C17H28O6S2. The molecule has 1 saturated heterocycles. The van der Waals surface area contributed by atoms with Gasteiger partial charge in [0.1, 0.15) is 5.60 Å². The number of carbonyl (C=O) groups excluding carboxylic acids is 3. The van der Waals surface area contributed by atoms with Gasteiger partial charge in [0.2, 0.25) is 6.79 Å². The van der Waals surface area contributed by atoms with Gasteiger partial charge in [-0.15, -0.1) is 0 Å². The van der Waals surface area contributed by atoms with Gasteiger partial charge in [0.15, 0.2) is 0 Å². The summed E-state index contributed by atoms with van der Waals surface area (Å²) in [7, 11) is 3.85. The molecule has 1 atom stereocenters. The first kappa shape index (κ1) is 22.2. The van der Waals surface area contributed by atoms with Crippen LogP contribution < -0.4 is 0 Å². The second-order valence-electron chi connectivity index (χ2n) is 6.81.